The van der Waals surface area contributed by atoms with Crippen LogP contribution in [0.15, 0.2) is 36.5 Å². The first-order chi connectivity index (χ1) is 17.0. The Kier molecular flexibility index (Phi) is 6.98. The Balaban J connectivity index is 1.28. The van der Waals surface area contributed by atoms with E-state index in [1.807, 2.05) is 11.0 Å². The topological polar surface area (TPSA) is 133 Å². The molecule has 0 radical (unpaired) electrons. The third-order valence-corrected chi connectivity index (χ3v) is 6.65. The van der Waals surface area contributed by atoms with Gasteiger partial charge in [0.25, 0.3) is 0 Å². The number of pyridine rings is 1. The van der Waals surface area contributed by atoms with Crippen molar-refractivity contribution in [3.05, 3.63) is 47.1 Å². The number of nitrogen functional groups attached to an aromatic ring is 1. The predicted octanol–water partition coefficient (Wildman–Crippen LogP) is 2.42. The monoisotopic (exact) mass is 494 g/mol. The molecule has 0 unspecified atom stereocenters. The van der Waals surface area contributed by atoms with Crippen molar-refractivity contribution in [1.82, 2.24) is 20.1 Å². The van der Waals surface area contributed by atoms with Crippen LogP contribution >= 0.6 is 11.3 Å². The lowest BCUT2D eigenvalue weighted by Crippen LogP contribution is -2.41. The third kappa shape index (κ3) is 6.18. The standard InChI is InChI=1S/C24H26N6O4S/c25-21-6-2-16(13-26-21)24-29-28-23(35-24)12-19(31)15-1-5-20(34-17-3-4-17)18(11-15)27-22(32)14-30-7-9-33-10-8-30/h1-2,5-6,11,13,17H,3-4,7-10,12,14H2,(H2,25,26)(H,27,32). The van der Waals surface area contributed by atoms with Gasteiger partial charge in [0.15, 0.2) is 5.78 Å². The first-order valence-electron chi connectivity index (χ1n) is 11.5. The van der Waals surface area contributed by atoms with Gasteiger partial charge in [0, 0.05) is 30.4 Å². The molecule has 2 aromatic heterocycles. The first-order valence-corrected chi connectivity index (χ1v) is 12.3. The van der Waals surface area contributed by atoms with E-state index in [4.69, 9.17) is 15.2 Å². The van der Waals surface area contributed by atoms with E-state index in [1.54, 1.807) is 30.5 Å². The van der Waals surface area contributed by atoms with Gasteiger partial charge in [-0.05, 0) is 43.2 Å². The second kappa shape index (κ2) is 10.5. The van der Waals surface area contributed by atoms with Crippen molar-refractivity contribution in [2.45, 2.75) is 25.4 Å². The molecule has 11 heteroatoms. The fourth-order valence-corrected chi connectivity index (χ4v) is 4.46. The highest BCUT2D eigenvalue weighted by atomic mass is 32.1. The summed E-state index contributed by atoms with van der Waals surface area (Å²) in [6.45, 7) is 2.93. The smallest absolute Gasteiger partial charge is 0.238 e. The lowest BCUT2D eigenvalue weighted by Gasteiger charge is -2.26. The molecule has 182 valence electrons. The zero-order valence-corrected chi connectivity index (χ0v) is 19.9. The van der Waals surface area contributed by atoms with Gasteiger partial charge in [-0.25, -0.2) is 4.98 Å². The molecular weight excluding hydrogens is 468 g/mol. The van der Waals surface area contributed by atoms with Crippen LogP contribution in [0.25, 0.3) is 10.6 Å². The number of nitrogens with two attached hydrogens (primary N) is 1. The molecule has 0 bridgehead atoms. The van der Waals surface area contributed by atoms with Crippen molar-refractivity contribution in [2.24, 2.45) is 0 Å². The zero-order valence-electron chi connectivity index (χ0n) is 19.1. The normalized spacial score (nSPS) is 16.1. The molecule has 0 atom stereocenters. The molecule has 2 aliphatic rings. The van der Waals surface area contributed by atoms with Crippen LogP contribution < -0.4 is 15.8 Å². The average molecular weight is 495 g/mol. The summed E-state index contributed by atoms with van der Waals surface area (Å²) in [5.41, 5.74) is 7.41. The second-order valence-corrected chi connectivity index (χ2v) is 9.60. The summed E-state index contributed by atoms with van der Waals surface area (Å²) < 4.78 is 11.3. The van der Waals surface area contributed by atoms with Crippen LogP contribution in [0.3, 0.4) is 0 Å². The van der Waals surface area contributed by atoms with Gasteiger partial charge in [-0.1, -0.05) is 11.3 Å². The summed E-state index contributed by atoms with van der Waals surface area (Å²) >= 11 is 1.33. The minimum absolute atomic E-state index is 0.101. The Bertz CT molecular complexity index is 1200. The molecule has 1 saturated carbocycles. The molecule has 1 saturated heterocycles. The number of hydrogen-bond donors (Lipinski definition) is 2. The Morgan fingerprint density at radius 1 is 1.17 bits per heavy atom. The zero-order chi connectivity index (χ0) is 24.2. The van der Waals surface area contributed by atoms with Gasteiger partial charge in [0.1, 0.15) is 21.6 Å². The van der Waals surface area contributed by atoms with Gasteiger partial charge in [0.2, 0.25) is 5.91 Å². The van der Waals surface area contributed by atoms with Crippen LogP contribution in [0.2, 0.25) is 0 Å². The van der Waals surface area contributed by atoms with Crippen molar-refractivity contribution in [3.63, 3.8) is 0 Å². The summed E-state index contributed by atoms with van der Waals surface area (Å²) in [7, 11) is 0. The Labute approximate surface area is 206 Å². The van der Waals surface area contributed by atoms with E-state index in [-0.39, 0.29) is 30.8 Å². The molecule has 35 heavy (non-hydrogen) atoms. The van der Waals surface area contributed by atoms with Crippen LogP contribution in [0.5, 0.6) is 5.75 Å². The molecule has 1 aromatic carbocycles. The van der Waals surface area contributed by atoms with E-state index in [0.29, 0.717) is 59.1 Å². The summed E-state index contributed by atoms with van der Waals surface area (Å²) in [5, 5.41) is 12.5. The number of ether oxygens (including phenoxy) is 2. The Morgan fingerprint density at radius 2 is 2.00 bits per heavy atom. The van der Waals surface area contributed by atoms with Gasteiger partial charge < -0.3 is 20.5 Å². The molecule has 3 heterocycles. The van der Waals surface area contributed by atoms with Crippen LogP contribution in [0.4, 0.5) is 11.5 Å². The maximum atomic E-state index is 13.0. The van der Waals surface area contributed by atoms with Gasteiger partial charge in [-0.15, -0.1) is 10.2 Å². The predicted molar refractivity (Wildman–Crippen MR) is 132 cm³/mol. The van der Waals surface area contributed by atoms with Gasteiger partial charge in [-0.3, -0.25) is 14.5 Å². The SMILES string of the molecule is Nc1ccc(-c2nnc(CC(=O)c3ccc(OC4CC4)c(NC(=O)CN4CCOCC4)c3)s2)cn1. The van der Waals surface area contributed by atoms with Gasteiger partial charge in [0.05, 0.1) is 38.0 Å². The van der Waals surface area contributed by atoms with E-state index in [1.165, 1.54) is 11.3 Å². The van der Waals surface area contributed by atoms with Crippen molar-refractivity contribution < 1.29 is 19.1 Å². The number of morpholine rings is 1. The van der Waals surface area contributed by atoms with Gasteiger partial charge in [-0.2, -0.15) is 0 Å². The number of anilines is 2. The number of Topliss-reactive ketones (excluding diaryl/α,β-unsaturated/α-hetero) is 1. The number of carbonyl (C=O) groups excluding carboxylic acids is 2. The molecule has 1 amide bonds. The summed E-state index contributed by atoms with van der Waals surface area (Å²) in [5.74, 6) is 0.733. The van der Waals surface area contributed by atoms with Crippen LogP contribution in [-0.2, 0) is 16.0 Å². The number of benzene rings is 1. The molecule has 3 N–H and O–H groups in total. The maximum Gasteiger partial charge on any atom is 0.238 e. The second-order valence-electron chi connectivity index (χ2n) is 8.54. The summed E-state index contributed by atoms with van der Waals surface area (Å²) in [4.78, 5) is 31.9. The fraction of sp³-hybridized carbons (Fsp3) is 0.375. The van der Waals surface area contributed by atoms with Gasteiger partial charge >= 0.3 is 0 Å². The molecule has 3 aromatic rings. The molecule has 1 aliphatic carbocycles. The highest BCUT2D eigenvalue weighted by Gasteiger charge is 2.26. The highest BCUT2D eigenvalue weighted by Crippen LogP contribution is 2.33. The first kappa shape index (κ1) is 23.3. The summed E-state index contributed by atoms with van der Waals surface area (Å²) in [6.07, 6.45) is 3.87. The lowest BCUT2D eigenvalue weighted by atomic mass is 10.1. The summed E-state index contributed by atoms with van der Waals surface area (Å²) in [6, 6.07) is 8.68. The van der Waals surface area contributed by atoms with Crippen molar-refractivity contribution in [2.75, 3.05) is 43.9 Å². The minimum atomic E-state index is -0.150. The molecule has 0 spiro atoms. The van der Waals surface area contributed by atoms with Crippen molar-refractivity contribution in [3.8, 4) is 16.3 Å². The maximum absolute atomic E-state index is 13.0. The number of nitrogens with one attached hydrogen (secondary N) is 1. The van der Waals surface area contributed by atoms with Crippen molar-refractivity contribution >= 4 is 34.5 Å². The van der Waals surface area contributed by atoms with E-state index >= 15 is 0 Å². The lowest BCUT2D eigenvalue weighted by molar-refractivity contribution is -0.118. The van der Waals surface area contributed by atoms with E-state index in [0.717, 1.165) is 18.4 Å². The molecule has 1 aliphatic heterocycles. The number of nitrogens with zero attached hydrogens (tertiary/aromatic N) is 4. The van der Waals surface area contributed by atoms with Crippen LogP contribution in [0, 0.1) is 0 Å². The van der Waals surface area contributed by atoms with Crippen molar-refractivity contribution in [1.29, 1.82) is 0 Å². The Morgan fingerprint density at radius 3 is 2.74 bits per heavy atom. The van der Waals surface area contributed by atoms with E-state index < -0.39 is 0 Å². The molecule has 2 fully saturated rings. The van der Waals surface area contributed by atoms with Crippen LogP contribution in [0.1, 0.15) is 28.2 Å². The number of ketones is 1. The average Bonchev–Trinajstić information content (AvgIpc) is 3.56. The number of rotatable bonds is 9. The molecular formula is C24H26N6O4S. The number of hydrogen-bond acceptors (Lipinski definition) is 10. The van der Waals surface area contributed by atoms with E-state index in [9.17, 15) is 9.59 Å². The van der Waals surface area contributed by atoms with Crippen LogP contribution in [-0.4, -0.2) is 70.7 Å². The number of carbonyl (C=O) groups is 2. The third-order valence-electron chi connectivity index (χ3n) is 5.68. The molecule has 10 nitrogen and oxygen atoms in total. The number of amides is 1. The quantitative estimate of drug-likeness (QED) is 0.430. The molecule has 5 rings (SSSR count). The largest absolute Gasteiger partial charge is 0.488 e. The number of aromatic nitrogens is 3. The fourth-order valence-electron chi connectivity index (χ4n) is 3.63. The minimum Gasteiger partial charge on any atom is -0.488 e. The highest BCUT2D eigenvalue weighted by molar-refractivity contribution is 7.14. The van der Waals surface area contributed by atoms with E-state index in [2.05, 4.69) is 20.5 Å². The Hall–Kier alpha value is -3.41.